The van der Waals surface area contributed by atoms with E-state index in [1.54, 1.807) is 24.4 Å². The lowest BCUT2D eigenvalue weighted by Gasteiger charge is -2.02. The Morgan fingerprint density at radius 1 is 1.31 bits per heavy atom. The Bertz CT molecular complexity index is 575. The van der Waals surface area contributed by atoms with Crippen LogP contribution in [0.5, 0.6) is 5.75 Å². The van der Waals surface area contributed by atoms with Gasteiger partial charge >= 0.3 is 5.97 Å². The number of carboxylic acid groups (broad SMARTS) is 1. The van der Waals surface area contributed by atoms with Gasteiger partial charge in [0.15, 0.2) is 0 Å². The molecule has 0 aliphatic carbocycles. The van der Waals surface area contributed by atoms with Crippen molar-refractivity contribution in [1.29, 1.82) is 0 Å². The van der Waals surface area contributed by atoms with E-state index in [1.807, 2.05) is 0 Å². The number of fused-ring (bicyclic) bond motifs is 1. The van der Waals surface area contributed by atoms with Crippen LogP contribution >= 0.6 is 0 Å². The van der Waals surface area contributed by atoms with E-state index in [1.165, 1.54) is 12.1 Å². The number of aliphatic carboxylic acids is 1. The SMILES string of the molecule is O=C(O)C=Cc1ccc(O)c2ncccc12. The Hall–Kier alpha value is -2.36. The molecule has 2 N–H and O–H groups in total. The van der Waals surface area contributed by atoms with Crippen LogP contribution in [0.3, 0.4) is 0 Å². The largest absolute Gasteiger partial charge is 0.506 e. The highest BCUT2D eigenvalue weighted by Gasteiger charge is 2.03. The molecule has 0 aliphatic rings. The number of rotatable bonds is 2. The topological polar surface area (TPSA) is 70.4 Å². The molecule has 0 bridgehead atoms. The van der Waals surface area contributed by atoms with E-state index in [2.05, 4.69) is 4.98 Å². The smallest absolute Gasteiger partial charge is 0.328 e. The van der Waals surface area contributed by atoms with Crippen LogP contribution in [0.15, 0.2) is 36.5 Å². The molecular formula is C12H9NO3. The Morgan fingerprint density at radius 2 is 2.12 bits per heavy atom. The quantitative estimate of drug-likeness (QED) is 0.752. The van der Waals surface area contributed by atoms with Crippen molar-refractivity contribution in [3.63, 3.8) is 0 Å². The maximum Gasteiger partial charge on any atom is 0.328 e. The lowest BCUT2D eigenvalue weighted by Crippen LogP contribution is -1.87. The van der Waals surface area contributed by atoms with Gasteiger partial charge in [0, 0.05) is 17.7 Å². The van der Waals surface area contributed by atoms with Gasteiger partial charge in [0.2, 0.25) is 0 Å². The summed E-state index contributed by atoms with van der Waals surface area (Å²) in [5.74, 6) is -0.923. The van der Waals surface area contributed by atoms with Crippen molar-refractivity contribution in [2.45, 2.75) is 0 Å². The molecule has 0 saturated carbocycles. The molecule has 4 heteroatoms. The van der Waals surface area contributed by atoms with E-state index >= 15 is 0 Å². The third-order valence-electron chi connectivity index (χ3n) is 2.19. The van der Waals surface area contributed by atoms with E-state index < -0.39 is 5.97 Å². The van der Waals surface area contributed by atoms with Gasteiger partial charge in [-0.1, -0.05) is 12.1 Å². The second-order valence-corrected chi connectivity index (χ2v) is 3.25. The van der Waals surface area contributed by atoms with Gasteiger partial charge in [-0.05, 0) is 23.8 Å². The first-order valence-corrected chi connectivity index (χ1v) is 4.66. The van der Waals surface area contributed by atoms with Crippen molar-refractivity contribution < 1.29 is 15.0 Å². The molecule has 0 fully saturated rings. The van der Waals surface area contributed by atoms with Gasteiger partial charge in [-0.3, -0.25) is 4.98 Å². The second-order valence-electron chi connectivity index (χ2n) is 3.25. The molecular weight excluding hydrogens is 206 g/mol. The van der Waals surface area contributed by atoms with Gasteiger partial charge in [0.1, 0.15) is 11.3 Å². The molecule has 1 heterocycles. The standard InChI is InChI=1S/C12H9NO3/c14-10-5-3-8(4-6-11(15)16)9-2-1-7-13-12(9)10/h1-7,14H,(H,15,16). The average molecular weight is 215 g/mol. The van der Waals surface area contributed by atoms with Crippen LogP contribution in [0.25, 0.3) is 17.0 Å². The number of benzene rings is 1. The summed E-state index contributed by atoms with van der Waals surface area (Å²) in [5, 5.41) is 18.8. The van der Waals surface area contributed by atoms with Crippen LogP contribution in [-0.2, 0) is 4.79 Å². The van der Waals surface area contributed by atoms with Crippen LogP contribution in [0.4, 0.5) is 0 Å². The van der Waals surface area contributed by atoms with Crippen molar-refractivity contribution in [3.8, 4) is 5.75 Å². The lowest BCUT2D eigenvalue weighted by molar-refractivity contribution is -0.131. The van der Waals surface area contributed by atoms with Crippen LogP contribution in [0, 0.1) is 0 Å². The minimum atomic E-state index is -1.01. The van der Waals surface area contributed by atoms with Crippen LogP contribution in [-0.4, -0.2) is 21.2 Å². The number of hydrogen-bond acceptors (Lipinski definition) is 3. The fourth-order valence-corrected chi connectivity index (χ4v) is 1.49. The van der Waals surface area contributed by atoms with E-state index in [0.29, 0.717) is 11.1 Å². The van der Waals surface area contributed by atoms with Crippen molar-refractivity contribution in [2.75, 3.05) is 0 Å². The summed E-state index contributed by atoms with van der Waals surface area (Å²) in [7, 11) is 0. The molecule has 0 spiro atoms. The van der Waals surface area contributed by atoms with Gasteiger partial charge in [0.05, 0.1) is 0 Å². The Labute approximate surface area is 91.5 Å². The lowest BCUT2D eigenvalue weighted by atomic mass is 10.1. The first-order valence-electron chi connectivity index (χ1n) is 4.66. The number of phenolic OH excluding ortho intramolecular Hbond substituents is 1. The van der Waals surface area contributed by atoms with E-state index in [0.717, 1.165) is 11.5 Å². The molecule has 0 saturated heterocycles. The molecule has 0 amide bonds. The number of carboxylic acids is 1. The number of aromatic nitrogens is 1. The second kappa shape index (κ2) is 4.02. The van der Waals surface area contributed by atoms with Crippen molar-refractivity contribution in [3.05, 3.63) is 42.1 Å². The van der Waals surface area contributed by atoms with Crippen molar-refractivity contribution >= 4 is 22.9 Å². The van der Waals surface area contributed by atoms with Crippen LogP contribution in [0.2, 0.25) is 0 Å². The van der Waals surface area contributed by atoms with E-state index in [-0.39, 0.29) is 5.75 Å². The Balaban J connectivity index is 2.63. The number of carbonyl (C=O) groups is 1. The van der Waals surface area contributed by atoms with Crippen LogP contribution in [0.1, 0.15) is 5.56 Å². The van der Waals surface area contributed by atoms with E-state index in [4.69, 9.17) is 5.11 Å². The summed E-state index contributed by atoms with van der Waals surface area (Å²) in [5.41, 5.74) is 1.18. The predicted octanol–water partition coefficient (Wildman–Crippen LogP) is 2.04. The Morgan fingerprint density at radius 3 is 2.88 bits per heavy atom. The zero-order valence-corrected chi connectivity index (χ0v) is 8.29. The van der Waals surface area contributed by atoms with Crippen molar-refractivity contribution in [1.82, 2.24) is 4.98 Å². The first kappa shape index (κ1) is 10.2. The summed E-state index contributed by atoms with van der Waals surface area (Å²) in [6.07, 6.45) is 4.11. The highest BCUT2D eigenvalue weighted by molar-refractivity contribution is 5.95. The molecule has 4 nitrogen and oxygen atoms in total. The van der Waals surface area contributed by atoms with Crippen LogP contribution < -0.4 is 0 Å². The summed E-state index contributed by atoms with van der Waals surface area (Å²) in [6.45, 7) is 0. The maximum absolute atomic E-state index is 10.4. The molecule has 0 atom stereocenters. The molecule has 2 rings (SSSR count). The highest BCUT2D eigenvalue weighted by Crippen LogP contribution is 2.25. The molecule has 16 heavy (non-hydrogen) atoms. The number of pyridine rings is 1. The predicted molar refractivity (Wildman–Crippen MR) is 60.1 cm³/mol. The van der Waals surface area contributed by atoms with Gasteiger partial charge in [-0.15, -0.1) is 0 Å². The minimum Gasteiger partial charge on any atom is -0.506 e. The van der Waals surface area contributed by atoms with Gasteiger partial charge in [-0.25, -0.2) is 4.79 Å². The number of nitrogens with zero attached hydrogens (tertiary/aromatic N) is 1. The van der Waals surface area contributed by atoms with Gasteiger partial charge < -0.3 is 10.2 Å². The normalized spacial score (nSPS) is 11.0. The van der Waals surface area contributed by atoms with E-state index in [9.17, 15) is 9.90 Å². The third kappa shape index (κ3) is 1.86. The molecule has 2 aromatic rings. The zero-order chi connectivity index (χ0) is 11.5. The average Bonchev–Trinajstić information content (AvgIpc) is 2.28. The van der Waals surface area contributed by atoms with Crippen molar-refractivity contribution in [2.24, 2.45) is 0 Å². The monoisotopic (exact) mass is 215 g/mol. The fourth-order valence-electron chi connectivity index (χ4n) is 1.49. The highest BCUT2D eigenvalue weighted by atomic mass is 16.4. The summed E-state index contributed by atoms with van der Waals surface area (Å²) in [6, 6.07) is 6.67. The first-order chi connectivity index (χ1) is 7.68. The molecule has 80 valence electrons. The zero-order valence-electron chi connectivity index (χ0n) is 8.29. The maximum atomic E-state index is 10.4. The Kier molecular flexibility index (Phi) is 2.55. The number of aromatic hydroxyl groups is 1. The summed E-state index contributed by atoms with van der Waals surface area (Å²) < 4.78 is 0. The molecule has 0 radical (unpaired) electrons. The minimum absolute atomic E-state index is 0.0862. The number of hydrogen-bond donors (Lipinski definition) is 2. The molecule has 0 unspecified atom stereocenters. The molecule has 0 aliphatic heterocycles. The van der Waals surface area contributed by atoms with Gasteiger partial charge in [-0.2, -0.15) is 0 Å². The molecule has 1 aromatic heterocycles. The number of phenols is 1. The van der Waals surface area contributed by atoms with Gasteiger partial charge in [0.25, 0.3) is 0 Å². The fraction of sp³-hybridized carbons (Fsp3) is 0. The molecule has 1 aromatic carbocycles. The third-order valence-corrected chi connectivity index (χ3v) is 2.19. The summed E-state index contributed by atoms with van der Waals surface area (Å²) in [4.78, 5) is 14.5. The summed E-state index contributed by atoms with van der Waals surface area (Å²) >= 11 is 0.